The van der Waals surface area contributed by atoms with E-state index in [4.69, 9.17) is 5.73 Å². The fourth-order valence-electron chi connectivity index (χ4n) is 2.04. The van der Waals surface area contributed by atoms with Crippen LogP contribution >= 0.6 is 11.3 Å². The molecular weight excluding hydrogens is 292 g/mol. The van der Waals surface area contributed by atoms with Gasteiger partial charge in [0, 0.05) is 17.5 Å². The first-order valence-electron chi connectivity index (χ1n) is 6.30. The van der Waals surface area contributed by atoms with Crippen LogP contribution in [-0.2, 0) is 16.6 Å². The van der Waals surface area contributed by atoms with Gasteiger partial charge in [-0.05, 0) is 37.1 Å². The van der Waals surface area contributed by atoms with Crippen LogP contribution in [0.4, 0.5) is 0 Å². The molecule has 6 heteroatoms. The molecule has 108 valence electrons. The zero-order valence-corrected chi connectivity index (χ0v) is 13.1. The Morgan fingerprint density at radius 2 is 1.95 bits per heavy atom. The van der Waals surface area contributed by atoms with E-state index in [-0.39, 0.29) is 6.04 Å². The van der Waals surface area contributed by atoms with Gasteiger partial charge in [-0.25, -0.2) is 13.1 Å². The van der Waals surface area contributed by atoms with E-state index in [1.54, 1.807) is 12.1 Å². The summed E-state index contributed by atoms with van der Waals surface area (Å²) in [5, 5.41) is 0. The van der Waals surface area contributed by atoms with Crippen molar-refractivity contribution in [1.82, 2.24) is 4.72 Å². The molecule has 1 heterocycles. The fraction of sp³-hybridized carbons (Fsp3) is 0.286. The summed E-state index contributed by atoms with van der Waals surface area (Å²) in [5.74, 6) is 0. The van der Waals surface area contributed by atoms with Crippen molar-refractivity contribution in [1.29, 1.82) is 0 Å². The molecule has 0 saturated carbocycles. The van der Waals surface area contributed by atoms with E-state index in [0.29, 0.717) is 10.8 Å². The summed E-state index contributed by atoms with van der Waals surface area (Å²) in [5.41, 5.74) is 7.56. The number of sulfonamides is 1. The SMILES string of the molecule is Cc1ccccc1C(C)NS(=O)(=O)c1ccc(CN)s1. The molecule has 1 aromatic heterocycles. The van der Waals surface area contributed by atoms with Crippen molar-refractivity contribution < 1.29 is 8.42 Å². The molecule has 2 rings (SSSR count). The summed E-state index contributed by atoms with van der Waals surface area (Å²) in [4.78, 5) is 0.855. The van der Waals surface area contributed by atoms with Gasteiger partial charge in [0.15, 0.2) is 0 Å². The van der Waals surface area contributed by atoms with Gasteiger partial charge in [0.05, 0.1) is 0 Å². The predicted octanol–water partition coefficient (Wildman–Crippen LogP) is 2.55. The van der Waals surface area contributed by atoms with Crippen molar-refractivity contribution in [2.75, 3.05) is 0 Å². The second-order valence-electron chi connectivity index (χ2n) is 4.62. The molecule has 1 unspecified atom stereocenters. The highest BCUT2D eigenvalue weighted by molar-refractivity contribution is 7.91. The lowest BCUT2D eigenvalue weighted by Gasteiger charge is -2.16. The minimum Gasteiger partial charge on any atom is -0.326 e. The van der Waals surface area contributed by atoms with Crippen LogP contribution in [-0.4, -0.2) is 8.42 Å². The maximum absolute atomic E-state index is 12.3. The third-order valence-electron chi connectivity index (χ3n) is 3.09. The van der Waals surface area contributed by atoms with E-state index in [2.05, 4.69) is 4.72 Å². The van der Waals surface area contributed by atoms with Crippen molar-refractivity contribution in [3.8, 4) is 0 Å². The smallest absolute Gasteiger partial charge is 0.250 e. The molecule has 1 atom stereocenters. The molecule has 0 saturated heterocycles. The molecule has 1 aromatic carbocycles. The van der Waals surface area contributed by atoms with Gasteiger partial charge >= 0.3 is 0 Å². The maximum Gasteiger partial charge on any atom is 0.250 e. The summed E-state index contributed by atoms with van der Waals surface area (Å²) in [6.45, 7) is 4.17. The van der Waals surface area contributed by atoms with Crippen molar-refractivity contribution in [2.24, 2.45) is 5.73 Å². The molecule has 0 spiro atoms. The Balaban J connectivity index is 2.22. The number of nitrogens with one attached hydrogen (secondary N) is 1. The summed E-state index contributed by atoms with van der Waals surface area (Å²) in [7, 11) is -3.50. The number of rotatable bonds is 5. The van der Waals surface area contributed by atoms with Crippen LogP contribution < -0.4 is 10.5 Å². The van der Waals surface area contributed by atoms with Crippen LogP contribution in [0.3, 0.4) is 0 Å². The molecule has 2 aromatic rings. The topological polar surface area (TPSA) is 72.2 Å². The van der Waals surface area contributed by atoms with Crippen LogP contribution in [0, 0.1) is 6.92 Å². The van der Waals surface area contributed by atoms with Gasteiger partial charge in [0.2, 0.25) is 0 Å². The zero-order chi connectivity index (χ0) is 14.8. The van der Waals surface area contributed by atoms with Gasteiger partial charge in [-0.3, -0.25) is 0 Å². The summed E-state index contributed by atoms with van der Waals surface area (Å²) < 4.78 is 27.6. The highest BCUT2D eigenvalue weighted by atomic mass is 32.2. The monoisotopic (exact) mass is 310 g/mol. The summed E-state index contributed by atoms with van der Waals surface area (Å²) >= 11 is 1.21. The van der Waals surface area contributed by atoms with Gasteiger partial charge in [0.1, 0.15) is 4.21 Å². The Kier molecular flexibility index (Phi) is 4.59. The molecule has 20 heavy (non-hydrogen) atoms. The van der Waals surface area contributed by atoms with Crippen LogP contribution in [0.1, 0.15) is 29.0 Å². The number of aryl methyl sites for hydroxylation is 1. The Morgan fingerprint density at radius 1 is 1.25 bits per heavy atom. The fourth-order valence-corrected chi connectivity index (χ4v) is 4.51. The lowest BCUT2D eigenvalue weighted by Crippen LogP contribution is -2.26. The lowest BCUT2D eigenvalue weighted by atomic mass is 10.0. The Morgan fingerprint density at radius 3 is 2.55 bits per heavy atom. The van der Waals surface area contributed by atoms with Gasteiger partial charge in [-0.2, -0.15) is 0 Å². The van der Waals surface area contributed by atoms with E-state index >= 15 is 0 Å². The van der Waals surface area contributed by atoms with Crippen molar-refractivity contribution in [3.63, 3.8) is 0 Å². The molecule has 0 bridgehead atoms. The molecule has 0 aliphatic heterocycles. The number of nitrogens with two attached hydrogens (primary N) is 1. The van der Waals surface area contributed by atoms with Crippen LogP contribution in [0.5, 0.6) is 0 Å². The van der Waals surface area contributed by atoms with Crippen LogP contribution in [0.25, 0.3) is 0 Å². The third-order valence-corrected chi connectivity index (χ3v) is 6.23. The number of benzene rings is 1. The van der Waals surface area contributed by atoms with Gasteiger partial charge in [-0.1, -0.05) is 24.3 Å². The van der Waals surface area contributed by atoms with E-state index in [1.807, 2.05) is 38.1 Å². The second kappa shape index (κ2) is 6.05. The number of hydrogen-bond donors (Lipinski definition) is 2. The first kappa shape index (κ1) is 15.2. The molecule has 0 radical (unpaired) electrons. The van der Waals surface area contributed by atoms with E-state index in [9.17, 15) is 8.42 Å². The van der Waals surface area contributed by atoms with E-state index in [0.717, 1.165) is 16.0 Å². The predicted molar refractivity (Wildman–Crippen MR) is 82.1 cm³/mol. The Bertz CT molecular complexity index is 693. The van der Waals surface area contributed by atoms with E-state index < -0.39 is 10.0 Å². The Labute approximate surface area is 123 Å². The minimum absolute atomic E-state index is 0.273. The van der Waals surface area contributed by atoms with Crippen molar-refractivity contribution >= 4 is 21.4 Å². The van der Waals surface area contributed by atoms with Crippen LogP contribution in [0.15, 0.2) is 40.6 Å². The first-order valence-corrected chi connectivity index (χ1v) is 8.60. The maximum atomic E-state index is 12.3. The largest absolute Gasteiger partial charge is 0.326 e. The Hall–Kier alpha value is -1.21. The molecule has 0 aliphatic carbocycles. The lowest BCUT2D eigenvalue weighted by molar-refractivity contribution is 0.568. The quantitative estimate of drug-likeness (QED) is 0.891. The summed E-state index contributed by atoms with van der Waals surface area (Å²) in [6.07, 6.45) is 0. The molecule has 0 fully saturated rings. The summed E-state index contributed by atoms with van der Waals surface area (Å²) in [6, 6.07) is 10.8. The molecule has 4 nitrogen and oxygen atoms in total. The average molecular weight is 310 g/mol. The molecule has 0 aliphatic rings. The average Bonchev–Trinajstić information content (AvgIpc) is 2.88. The zero-order valence-electron chi connectivity index (χ0n) is 11.5. The molecular formula is C14H18N2O2S2. The second-order valence-corrected chi connectivity index (χ2v) is 7.73. The number of thiophene rings is 1. The van der Waals surface area contributed by atoms with E-state index in [1.165, 1.54) is 11.3 Å². The highest BCUT2D eigenvalue weighted by Gasteiger charge is 2.20. The molecule has 3 N–H and O–H groups in total. The van der Waals surface area contributed by atoms with Crippen LogP contribution in [0.2, 0.25) is 0 Å². The third kappa shape index (κ3) is 3.27. The van der Waals surface area contributed by atoms with Crippen molar-refractivity contribution in [3.05, 3.63) is 52.4 Å². The standard InChI is InChI=1S/C14H18N2O2S2/c1-10-5-3-4-6-13(10)11(2)16-20(17,18)14-8-7-12(9-15)19-14/h3-8,11,16H,9,15H2,1-2H3. The van der Waals surface area contributed by atoms with Gasteiger partial charge in [0.25, 0.3) is 10.0 Å². The van der Waals surface area contributed by atoms with Gasteiger partial charge < -0.3 is 5.73 Å². The van der Waals surface area contributed by atoms with Gasteiger partial charge in [-0.15, -0.1) is 11.3 Å². The first-order chi connectivity index (χ1) is 9.44. The normalized spacial score (nSPS) is 13.3. The minimum atomic E-state index is -3.50. The highest BCUT2D eigenvalue weighted by Crippen LogP contribution is 2.24. The molecule has 0 amide bonds. The number of hydrogen-bond acceptors (Lipinski definition) is 4. The van der Waals surface area contributed by atoms with Crippen molar-refractivity contribution in [2.45, 2.75) is 30.6 Å².